The Hall–Kier alpha value is -2.28. The number of rotatable bonds is 7. The lowest BCUT2D eigenvalue weighted by Gasteiger charge is -2.21. The van der Waals surface area contributed by atoms with Crippen LogP contribution in [0.1, 0.15) is 19.4 Å². The predicted molar refractivity (Wildman–Crippen MR) is 81.9 cm³/mol. The summed E-state index contributed by atoms with van der Waals surface area (Å²) in [6, 6.07) is 4.40. The Morgan fingerprint density at radius 1 is 1.36 bits per heavy atom. The molecule has 2 atom stereocenters. The van der Waals surface area contributed by atoms with Crippen LogP contribution < -0.4 is 25.4 Å². The molecule has 0 fully saturated rings. The zero-order chi connectivity index (χ0) is 16.7. The van der Waals surface area contributed by atoms with E-state index < -0.39 is 18.0 Å². The quantitative estimate of drug-likeness (QED) is 0.644. The second-order valence-electron chi connectivity index (χ2n) is 5.02. The molecular formula is C15H24N3O4+. The number of ether oxygens (including phenoxy) is 2. The molecule has 1 unspecified atom stereocenters. The van der Waals surface area contributed by atoms with Gasteiger partial charge in [0.15, 0.2) is 17.5 Å². The third-order valence-corrected chi connectivity index (χ3v) is 3.39. The van der Waals surface area contributed by atoms with Crippen LogP contribution in [0.2, 0.25) is 0 Å². The van der Waals surface area contributed by atoms with Gasteiger partial charge in [-0.2, -0.15) is 0 Å². The molecule has 0 aliphatic heterocycles. The van der Waals surface area contributed by atoms with Crippen molar-refractivity contribution in [3.8, 4) is 11.5 Å². The highest BCUT2D eigenvalue weighted by Crippen LogP contribution is 2.27. The first-order valence-electron chi connectivity index (χ1n) is 7.11. The number of nitrogens with two attached hydrogens (primary N) is 1. The third-order valence-electron chi connectivity index (χ3n) is 3.39. The van der Waals surface area contributed by atoms with Gasteiger partial charge in [-0.05, 0) is 32.0 Å². The second-order valence-corrected chi connectivity index (χ2v) is 5.02. The molecule has 1 aromatic carbocycles. The molecule has 0 saturated carbocycles. The Labute approximate surface area is 130 Å². The summed E-state index contributed by atoms with van der Waals surface area (Å²) in [6.45, 7) is 4.80. The zero-order valence-corrected chi connectivity index (χ0v) is 13.4. The fraction of sp³-hybridized carbons (Fsp3) is 0.467. The summed E-state index contributed by atoms with van der Waals surface area (Å²) in [6.07, 6.45) is 0. The normalized spacial score (nSPS) is 13.1. The molecule has 1 rings (SSSR count). The lowest BCUT2D eigenvalue weighted by molar-refractivity contribution is -0.908. The summed E-state index contributed by atoms with van der Waals surface area (Å²) in [4.78, 5) is 23.4. The number of benzene rings is 1. The van der Waals surface area contributed by atoms with Crippen molar-refractivity contribution in [1.82, 2.24) is 5.32 Å². The molecule has 0 spiro atoms. The van der Waals surface area contributed by atoms with Gasteiger partial charge in [-0.25, -0.2) is 4.79 Å². The van der Waals surface area contributed by atoms with Crippen LogP contribution >= 0.6 is 0 Å². The van der Waals surface area contributed by atoms with Crippen molar-refractivity contribution in [3.05, 3.63) is 23.8 Å². The number of amides is 3. The highest BCUT2D eigenvalue weighted by Gasteiger charge is 2.23. The molecule has 122 valence electrons. The van der Waals surface area contributed by atoms with Crippen LogP contribution in [0.25, 0.3) is 0 Å². The molecule has 7 nitrogen and oxygen atoms in total. The molecule has 1 aromatic rings. The second kappa shape index (κ2) is 8.23. The molecule has 0 aliphatic rings. The Morgan fingerprint density at radius 3 is 2.59 bits per heavy atom. The molecule has 0 bridgehead atoms. The topological polar surface area (TPSA) is 95.1 Å². The van der Waals surface area contributed by atoms with Crippen LogP contribution in [-0.2, 0) is 11.3 Å². The predicted octanol–water partition coefficient (Wildman–Crippen LogP) is -0.308. The van der Waals surface area contributed by atoms with E-state index in [2.05, 4.69) is 5.32 Å². The van der Waals surface area contributed by atoms with Crippen molar-refractivity contribution in [2.24, 2.45) is 5.73 Å². The molecule has 0 heterocycles. The average Bonchev–Trinajstić information content (AvgIpc) is 2.47. The average molecular weight is 310 g/mol. The smallest absolute Gasteiger partial charge is 0.319 e. The van der Waals surface area contributed by atoms with Crippen molar-refractivity contribution in [1.29, 1.82) is 0 Å². The van der Waals surface area contributed by atoms with E-state index in [0.717, 1.165) is 10.5 Å². The van der Waals surface area contributed by atoms with Gasteiger partial charge in [0.05, 0.1) is 20.8 Å². The molecule has 0 saturated heterocycles. The standard InChI is InChI=1S/C15H23N3O4/c1-5-22-12-7-6-11(8-13(12)21-4)9-18(3)10(2)14(19)17-15(16)20/h6-8,10H,5,9H2,1-4H3,(H3,16,17,19,20)/p+1/t10-/m1/s1. The number of urea groups is 1. The summed E-state index contributed by atoms with van der Waals surface area (Å²) in [7, 11) is 3.45. The van der Waals surface area contributed by atoms with Crippen LogP contribution in [0, 0.1) is 0 Å². The molecule has 4 N–H and O–H groups in total. The van der Waals surface area contributed by atoms with Crippen molar-refractivity contribution in [2.75, 3.05) is 20.8 Å². The maximum absolute atomic E-state index is 11.8. The summed E-state index contributed by atoms with van der Waals surface area (Å²) in [5.74, 6) is 0.940. The number of quaternary nitrogens is 1. The van der Waals surface area contributed by atoms with Gasteiger partial charge in [0, 0.05) is 5.56 Å². The molecule has 0 aliphatic carbocycles. The zero-order valence-electron chi connectivity index (χ0n) is 13.4. The van der Waals surface area contributed by atoms with Crippen molar-refractivity contribution < 1.29 is 24.0 Å². The van der Waals surface area contributed by atoms with Gasteiger partial charge in [-0.15, -0.1) is 0 Å². The number of imide groups is 1. The van der Waals surface area contributed by atoms with Gasteiger partial charge in [-0.3, -0.25) is 10.1 Å². The van der Waals surface area contributed by atoms with E-state index in [1.807, 2.05) is 32.2 Å². The van der Waals surface area contributed by atoms with Crippen LogP contribution in [0.3, 0.4) is 0 Å². The van der Waals surface area contributed by atoms with E-state index in [9.17, 15) is 9.59 Å². The number of methoxy groups -OCH3 is 1. The highest BCUT2D eigenvalue weighted by molar-refractivity contribution is 5.95. The van der Waals surface area contributed by atoms with Crippen molar-refractivity contribution in [3.63, 3.8) is 0 Å². The van der Waals surface area contributed by atoms with E-state index in [-0.39, 0.29) is 0 Å². The van der Waals surface area contributed by atoms with E-state index >= 15 is 0 Å². The largest absolute Gasteiger partial charge is 0.493 e. The maximum atomic E-state index is 11.8. The van der Waals surface area contributed by atoms with Crippen molar-refractivity contribution in [2.45, 2.75) is 26.4 Å². The lowest BCUT2D eigenvalue weighted by Crippen LogP contribution is -3.12. The summed E-state index contributed by atoms with van der Waals surface area (Å²) < 4.78 is 10.8. The van der Waals surface area contributed by atoms with E-state index in [1.54, 1.807) is 14.0 Å². The first-order valence-corrected chi connectivity index (χ1v) is 7.11. The first kappa shape index (κ1) is 17.8. The van der Waals surface area contributed by atoms with Gasteiger partial charge in [0.1, 0.15) is 6.54 Å². The van der Waals surface area contributed by atoms with E-state index in [4.69, 9.17) is 15.2 Å². The number of likely N-dealkylation sites (N-methyl/N-ethyl adjacent to an activating group) is 1. The van der Waals surface area contributed by atoms with Crippen LogP contribution in [0.15, 0.2) is 18.2 Å². The number of carbonyl (C=O) groups excluding carboxylic acids is 2. The third kappa shape index (κ3) is 4.92. The number of carbonyl (C=O) groups is 2. The van der Waals surface area contributed by atoms with Crippen LogP contribution in [0.5, 0.6) is 11.5 Å². The summed E-state index contributed by atoms with van der Waals surface area (Å²) in [5.41, 5.74) is 5.95. The summed E-state index contributed by atoms with van der Waals surface area (Å²) >= 11 is 0. The fourth-order valence-electron chi connectivity index (χ4n) is 2.03. The molecule has 7 heteroatoms. The minimum Gasteiger partial charge on any atom is -0.493 e. The Kier molecular flexibility index (Phi) is 6.65. The Morgan fingerprint density at radius 2 is 2.05 bits per heavy atom. The minimum absolute atomic E-state index is 0.400. The molecule has 0 radical (unpaired) electrons. The van der Waals surface area contributed by atoms with Gasteiger partial charge < -0.3 is 20.1 Å². The van der Waals surface area contributed by atoms with Gasteiger partial charge >= 0.3 is 6.03 Å². The first-order chi connectivity index (χ1) is 10.4. The fourth-order valence-corrected chi connectivity index (χ4v) is 2.03. The Balaban J connectivity index is 2.77. The molecule has 3 amide bonds. The number of hydrogen-bond donors (Lipinski definition) is 3. The van der Waals surface area contributed by atoms with Crippen molar-refractivity contribution >= 4 is 11.9 Å². The van der Waals surface area contributed by atoms with Gasteiger partial charge in [-0.1, -0.05) is 0 Å². The van der Waals surface area contributed by atoms with E-state index in [0.29, 0.717) is 24.7 Å². The number of nitrogens with one attached hydrogen (secondary N) is 2. The number of hydrogen-bond acceptors (Lipinski definition) is 4. The monoisotopic (exact) mass is 310 g/mol. The number of primary amides is 1. The molecule has 22 heavy (non-hydrogen) atoms. The van der Waals surface area contributed by atoms with Gasteiger partial charge in [0.25, 0.3) is 5.91 Å². The molecule has 0 aromatic heterocycles. The SMILES string of the molecule is CCOc1ccc(C[NH+](C)[C@H](C)C(=O)NC(N)=O)cc1OC. The maximum Gasteiger partial charge on any atom is 0.319 e. The minimum atomic E-state index is -0.840. The van der Waals surface area contributed by atoms with Gasteiger partial charge in [0.2, 0.25) is 0 Å². The van der Waals surface area contributed by atoms with Crippen LogP contribution in [0.4, 0.5) is 4.79 Å². The van der Waals surface area contributed by atoms with E-state index in [1.165, 1.54) is 0 Å². The summed E-state index contributed by atoms with van der Waals surface area (Å²) in [5, 5.41) is 2.09. The Bertz CT molecular complexity index is 534. The molecular weight excluding hydrogens is 286 g/mol. The van der Waals surface area contributed by atoms with Crippen LogP contribution in [-0.4, -0.2) is 38.7 Å². The lowest BCUT2D eigenvalue weighted by atomic mass is 10.1. The highest BCUT2D eigenvalue weighted by atomic mass is 16.5.